The molecular weight excluding hydrogens is 260 g/mol. The van der Waals surface area contributed by atoms with Crippen LogP contribution in [0, 0.1) is 0 Å². The maximum atomic E-state index is 11.5. The third-order valence-electron chi connectivity index (χ3n) is 1.86. The van der Waals surface area contributed by atoms with E-state index in [1.807, 2.05) is 0 Å². The summed E-state index contributed by atoms with van der Waals surface area (Å²) in [7, 11) is 0. The van der Waals surface area contributed by atoms with Crippen LogP contribution >= 0.6 is 15.9 Å². The summed E-state index contributed by atoms with van der Waals surface area (Å²) in [4.78, 5) is 22.8. The van der Waals surface area contributed by atoms with Crippen molar-refractivity contribution in [1.29, 1.82) is 0 Å². The number of esters is 1. The number of carbonyl (C=O) groups is 2. The minimum Gasteiger partial charge on any atom is -0.462 e. The Bertz CT molecular complexity index is 399. The molecule has 0 N–H and O–H groups in total. The Labute approximate surface area is 96.6 Å². The lowest BCUT2D eigenvalue weighted by Gasteiger charge is -2.06. The van der Waals surface area contributed by atoms with Crippen LogP contribution in [0.3, 0.4) is 0 Å². The van der Waals surface area contributed by atoms with Crippen molar-refractivity contribution in [1.82, 2.24) is 0 Å². The lowest BCUT2D eigenvalue weighted by atomic mass is 10.0. The SMILES string of the molecule is CCOC(=O)c1ccc(Br)cc1C(C)=O. The van der Waals surface area contributed by atoms with Gasteiger partial charge in [-0.3, -0.25) is 4.79 Å². The normalized spacial score (nSPS) is 9.80. The lowest BCUT2D eigenvalue weighted by Crippen LogP contribution is -2.10. The highest BCUT2D eigenvalue weighted by molar-refractivity contribution is 9.10. The molecule has 0 bridgehead atoms. The van der Waals surface area contributed by atoms with Crippen molar-refractivity contribution in [3.63, 3.8) is 0 Å². The summed E-state index contributed by atoms with van der Waals surface area (Å²) in [5, 5.41) is 0. The highest BCUT2D eigenvalue weighted by Gasteiger charge is 2.15. The molecular formula is C11H11BrO3. The van der Waals surface area contributed by atoms with Gasteiger partial charge in [-0.2, -0.15) is 0 Å². The van der Waals surface area contributed by atoms with Gasteiger partial charge in [0.05, 0.1) is 12.2 Å². The van der Waals surface area contributed by atoms with E-state index in [0.29, 0.717) is 17.7 Å². The highest BCUT2D eigenvalue weighted by Crippen LogP contribution is 2.18. The van der Waals surface area contributed by atoms with Crippen molar-refractivity contribution < 1.29 is 14.3 Å². The first kappa shape index (κ1) is 11.9. The zero-order valence-corrected chi connectivity index (χ0v) is 10.1. The molecule has 0 amide bonds. The van der Waals surface area contributed by atoms with Crippen LogP contribution in [0.4, 0.5) is 0 Å². The zero-order valence-electron chi connectivity index (χ0n) is 8.54. The topological polar surface area (TPSA) is 43.4 Å². The first-order valence-electron chi connectivity index (χ1n) is 4.54. The number of carbonyl (C=O) groups excluding carboxylic acids is 2. The van der Waals surface area contributed by atoms with Crippen LogP contribution in [0.5, 0.6) is 0 Å². The number of rotatable bonds is 3. The summed E-state index contributed by atoms with van der Waals surface area (Å²) in [6.45, 7) is 3.45. The van der Waals surface area contributed by atoms with Gasteiger partial charge in [0.1, 0.15) is 0 Å². The van der Waals surface area contributed by atoms with Gasteiger partial charge in [-0.1, -0.05) is 15.9 Å². The lowest BCUT2D eigenvalue weighted by molar-refractivity contribution is 0.0523. The van der Waals surface area contributed by atoms with E-state index in [1.165, 1.54) is 6.92 Å². The molecule has 0 fully saturated rings. The van der Waals surface area contributed by atoms with Gasteiger partial charge >= 0.3 is 5.97 Å². The van der Waals surface area contributed by atoms with Crippen molar-refractivity contribution in [3.05, 3.63) is 33.8 Å². The molecule has 0 saturated carbocycles. The number of hydrogen-bond donors (Lipinski definition) is 0. The number of ketones is 1. The number of halogens is 1. The van der Waals surface area contributed by atoms with Crippen LogP contribution < -0.4 is 0 Å². The Hall–Kier alpha value is -1.16. The second-order valence-corrected chi connectivity index (χ2v) is 3.88. The van der Waals surface area contributed by atoms with E-state index in [4.69, 9.17) is 4.74 Å². The predicted octanol–water partition coefficient (Wildman–Crippen LogP) is 2.83. The van der Waals surface area contributed by atoms with E-state index < -0.39 is 5.97 Å². The molecule has 0 aliphatic carbocycles. The second kappa shape index (κ2) is 5.07. The van der Waals surface area contributed by atoms with Crippen molar-refractivity contribution >= 4 is 27.7 Å². The van der Waals surface area contributed by atoms with Gasteiger partial charge in [-0.15, -0.1) is 0 Å². The monoisotopic (exact) mass is 270 g/mol. The van der Waals surface area contributed by atoms with Crippen molar-refractivity contribution in [3.8, 4) is 0 Å². The molecule has 0 saturated heterocycles. The van der Waals surface area contributed by atoms with Gasteiger partial charge in [-0.05, 0) is 32.0 Å². The molecule has 1 aromatic carbocycles. The Kier molecular flexibility index (Phi) is 4.03. The fraction of sp³-hybridized carbons (Fsp3) is 0.273. The number of hydrogen-bond acceptors (Lipinski definition) is 3. The minimum absolute atomic E-state index is 0.153. The Balaban J connectivity index is 3.17. The van der Waals surface area contributed by atoms with Crippen LogP contribution in [-0.2, 0) is 4.74 Å². The summed E-state index contributed by atoms with van der Waals surface area (Å²) in [5.74, 6) is -0.616. The van der Waals surface area contributed by atoms with E-state index in [-0.39, 0.29) is 5.78 Å². The van der Waals surface area contributed by atoms with E-state index in [9.17, 15) is 9.59 Å². The molecule has 0 unspecified atom stereocenters. The summed E-state index contributed by atoms with van der Waals surface area (Å²) < 4.78 is 5.62. The van der Waals surface area contributed by atoms with Crippen LogP contribution in [-0.4, -0.2) is 18.4 Å². The van der Waals surface area contributed by atoms with Crippen molar-refractivity contribution in [2.24, 2.45) is 0 Å². The molecule has 0 aliphatic heterocycles. The summed E-state index contributed by atoms with van der Waals surface area (Å²) in [6.07, 6.45) is 0. The third kappa shape index (κ3) is 2.89. The van der Waals surface area contributed by atoms with Crippen molar-refractivity contribution in [2.45, 2.75) is 13.8 Å². The number of ether oxygens (including phenoxy) is 1. The first-order valence-corrected chi connectivity index (χ1v) is 5.33. The molecule has 0 aromatic heterocycles. The number of benzene rings is 1. The smallest absolute Gasteiger partial charge is 0.338 e. The summed E-state index contributed by atoms with van der Waals surface area (Å²) >= 11 is 3.25. The van der Waals surface area contributed by atoms with Crippen LogP contribution in [0.1, 0.15) is 34.6 Å². The van der Waals surface area contributed by atoms with Gasteiger partial charge in [0.25, 0.3) is 0 Å². The Morgan fingerprint density at radius 1 is 1.33 bits per heavy atom. The van der Waals surface area contributed by atoms with Crippen LogP contribution in [0.15, 0.2) is 22.7 Å². The van der Waals surface area contributed by atoms with E-state index in [2.05, 4.69) is 15.9 Å². The Morgan fingerprint density at radius 2 is 2.00 bits per heavy atom. The van der Waals surface area contributed by atoms with E-state index in [0.717, 1.165) is 4.47 Å². The average Bonchev–Trinajstić information content (AvgIpc) is 2.17. The van der Waals surface area contributed by atoms with Gasteiger partial charge in [0.15, 0.2) is 5.78 Å². The molecule has 0 spiro atoms. The maximum Gasteiger partial charge on any atom is 0.338 e. The van der Waals surface area contributed by atoms with E-state index in [1.54, 1.807) is 25.1 Å². The second-order valence-electron chi connectivity index (χ2n) is 2.97. The molecule has 15 heavy (non-hydrogen) atoms. The van der Waals surface area contributed by atoms with Crippen molar-refractivity contribution in [2.75, 3.05) is 6.61 Å². The largest absolute Gasteiger partial charge is 0.462 e. The maximum absolute atomic E-state index is 11.5. The summed E-state index contributed by atoms with van der Waals surface area (Å²) in [5.41, 5.74) is 0.690. The van der Waals surface area contributed by atoms with Gasteiger partial charge in [0.2, 0.25) is 0 Å². The molecule has 0 radical (unpaired) electrons. The molecule has 3 nitrogen and oxygen atoms in total. The zero-order chi connectivity index (χ0) is 11.4. The molecule has 80 valence electrons. The highest BCUT2D eigenvalue weighted by atomic mass is 79.9. The molecule has 0 atom stereocenters. The fourth-order valence-corrected chi connectivity index (χ4v) is 1.56. The standard InChI is InChI=1S/C11H11BrO3/c1-3-15-11(14)9-5-4-8(12)6-10(9)7(2)13/h4-6H,3H2,1-2H3. The van der Waals surface area contributed by atoms with Gasteiger partial charge < -0.3 is 4.74 Å². The molecule has 1 rings (SSSR count). The van der Waals surface area contributed by atoms with E-state index >= 15 is 0 Å². The quantitative estimate of drug-likeness (QED) is 0.627. The predicted molar refractivity (Wildman–Crippen MR) is 60.1 cm³/mol. The van der Waals surface area contributed by atoms with Crippen LogP contribution in [0.25, 0.3) is 0 Å². The minimum atomic E-state index is -0.463. The molecule has 0 heterocycles. The number of Topliss-reactive ketones (excluding diaryl/α,β-unsaturated/α-hetero) is 1. The van der Waals surface area contributed by atoms with Crippen LogP contribution in [0.2, 0.25) is 0 Å². The Morgan fingerprint density at radius 3 is 2.53 bits per heavy atom. The first-order chi connectivity index (χ1) is 7.06. The summed E-state index contributed by atoms with van der Waals surface area (Å²) in [6, 6.07) is 4.91. The molecule has 0 aliphatic rings. The average molecular weight is 271 g/mol. The van der Waals surface area contributed by atoms with Gasteiger partial charge in [-0.25, -0.2) is 4.79 Å². The van der Waals surface area contributed by atoms with Gasteiger partial charge in [0, 0.05) is 10.0 Å². The third-order valence-corrected chi connectivity index (χ3v) is 2.35. The molecule has 1 aromatic rings. The molecule has 4 heteroatoms. The fourth-order valence-electron chi connectivity index (χ4n) is 1.19.